The Morgan fingerprint density at radius 3 is 2.66 bits per heavy atom. The van der Waals surface area contributed by atoms with Gasteiger partial charge in [0.05, 0.1) is 5.39 Å². The molecular weight excluding hydrogens is 370 g/mol. The standard InChI is InChI=1S/C22H29N3O4/c1-3-4-13-25-21(27)17-11-7-6-10-16(17)20(24-25)22(28)29-14-19(26)23-18-12-8-5-9-15(18)2/h6-7,10-11,15,18H,3-5,8-9,12-14H2,1-2H3,(H,23,26)/t15-,18-/m0/s1. The predicted molar refractivity (Wildman–Crippen MR) is 111 cm³/mol. The molecule has 3 rings (SSSR count). The Morgan fingerprint density at radius 1 is 1.21 bits per heavy atom. The number of nitrogens with one attached hydrogen (secondary N) is 1. The average molecular weight is 399 g/mol. The molecule has 156 valence electrons. The summed E-state index contributed by atoms with van der Waals surface area (Å²) in [6, 6.07) is 6.98. The largest absolute Gasteiger partial charge is 0.451 e. The maximum atomic E-state index is 12.7. The number of ether oxygens (including phenoxy) is 1. The number of hydrogen-bond donors (Lipinski definition) is 1. The SMILES string of the molecule is CCCCn1nc(C(=O)OCC(=O)N[C@H]2CCCC[C@@H]2C)c2ccccc2c1=O. The molecule has 0 saturated heterocycles. The van der Waals surface area contributed by atoms with Gasteiger partial charge in [-0.1, -0.05) is 51.3 Å². The van der Waals surface area contributed by atoms with Crippen LogP contribution in [0.5, 0.6) is 0 Å². The van der Waals surface area contributed by atoms with E-state index < -0.39 is 5.97 Å². The number of hydrogen-bond acceptors (Lipinski definition) is 5. The Labute approximate surface area is 170 Å². The first-order valence-electron chi connectivity index (χ1n) is 10.5. The number of carbonyl (C=O) groups excluding carboxylic acids is 2. The van der Waals surface area contributed by atoms with Gasteiger partial charge in [0.1, 0.15) is 0 Å². The van der Waals surface area contributed by atoms with Gasteiger partial charge < -0.3 is 10.1 Å². The van der Waals surface area contributed by atoms with Crippen LogP contribution in [0.2, 0.25) is 0 Å². The van der Waals surface area contributed by atoms with E-state index in [1.807, 2.05) is 6.92 Å². The van der Waals surface area contributed by atoms with E-state index in [1.54, 1.807) is 24.3 Å². The molecule has 1 amide bonds. The summed E-state index contributed by atoms with van der Waals surface area (Å²) in [5.41, 5.74) is -0.162. The van der Waals surface area contributed by atoms with Crippen LogP contribution in [0.3, 0.4) is 0 Å². The Kier molecular flexibility index (Phi) is 7.01. The summed E-state index contributed by atoms with van der Waals surface area (Å²) >= 11 is 0. The number of rotatable bonds is 7. The highest BCUT2D eigenvalue weighted by Gasteiger charge is 2.24. The summed E-state index contributed by atoms with van der Waals surface area (Å²) in [5.74, 6) is -0.574. The molecule has 1 saturated carbocycles. The van der Waals surface area contributed by atoms with Gasteiger partial charge in [-0.3, -0.25) is 9.59 Å². The fourth-order valence-corrected chi connectivity index (χ4v) is 3.82. The normalized spacial score (nSPS) is 19.1. The monoisotopic (exact) mass is 399 g/mol. The molecule has 0 unspecified atom stereocenters. The van der Waals surface area contributed by atoms with Crippen molar-refractivity contribution in [2.45, 2.75) is 65.0 Å². The molecule has 1 heterocycles. The lowest BCUT2D eigenvalue weighted by Crippen LogP contribution is -2.43. The zero-order chi connectivity index (χ0) is 20.8. The minimum absolute atomic E-state index is 0.0649. The fourth-order valence-electron chi connectivity index (χ4n) is 3.82. The first-order chi connectivity index (χ1) is 14.0. The molecule has 1 aliphatic rings. The van der Waals surface area contributed by atoms with Gasteiger partial charge in [0.15, 0.2) is 12.3 Å². The van der Waals surface area contributed by atoms with Crippen molar-refractivity contribution < 1.29 is 14.3 Å². The Balaban J connectivity index is 1.73. The van der Waals surface area contributed by atoms with E-state index in [9.17, 15) is 14.4 Å². The van der Waals surface area contributed by atoms with E-state index in [4.69, 9.17) is 4.74 Å². The van der Waals surface area contributed by atoms with Gasteiger partial charge in [-0.25, -0.2) is 9.48 Å². The molecule has 0 radical (unpaired) electrons. The number of fused-ring (bicyclic) bond motifs is 1. The van der Waals surface area contributed by atoms with Crippen molar-refractivity contribution in [1.82, 2.24) is 15.1 Å². The van der Waals surface area contributed by atoms with Gasteiger partial charge in [0.2, 0.25) is 0 Å². The number of aromatic nitrogens is 2. The number of aryl methyl sites for hydroxylation is 1. The van der Waals surface area contributed by atoms with Crippen molar-refractivity contribution in [2.75, 3.05) is 6.61 Å². The molecule has 29 heavy (non-hydrogen) atoms. The third-order valence-corrected chi connectivity index (χ3v) is 5.58. The van der Waals surface area contributed by atoms with E-state index in [2.05, 4.69) is 17.3 Å². The predicted octanol–water partition coefficient (Wildman–Crippen LogP) is 3.05. The van der Waals surface area contributed by atoms with Crippen LogP contribution in [0, 0.1) is 5.92 Å². The van der Waals surface area contributed by atoms with Crippen LogP contribution in [-0.4, -0.2) is 34.3 Å². The Bertz CT molecular complexity index is 937. The lowest BCUT2D eigenvalue weighted by molar-refractivity contribution is -0.125. The third-order valence-electron chi connectivity index (χ3n) is 5.58. The van der Waals surface area contributed by atoms with Gasteiger partial charge in [-0.05, 0) is 31.2 Å². The highest BCUT2D eigenvalue weighted by Crippen LogP contribution is 2.23. The van der Waals surface area contributed by atoms with Gasteiger partial charge in [-0.15, -0.1) is 0 Å². The van der Waals surface area contributed by atoms with Crippen LogP contribution in [0.25, 0.3) is 10.8 Å². The van der Waals surface area contributed by atoms with Crippen LogP contribution >= 0.6 is 0 Å². The van der Waals surface area contributed by atoms with E-state index in [0.29, 0.717) is 23.2 Å². The van der Waals surface area contributed by atoms with Gasteiger partial charge in [0, 0.05) is 18.0 Å². The number of nitrogens with zero attached hydrogens (tertiary/aromatic N) is 2. The molecule has 1 N–H and O–H groups in total. The molecule has 0 aliphatic heterocycles. The quantitative estimate of drug-likeness (QED) is 0.723. The summed E-state index contributed by atoms with van der Waals surface area (Å²) in [6.07, 6.45) is 6.02. The zero-order valence-corrected chi connectivity index (χ0v) is 17.1. The number of esters is 1. The van der Waals surface area contributed by atoms with Crippen molar-refractivity contribution in [3.05, 3.63) is 40.3 Å². The molecule has 2 aromatic rings. The second-order valence-electron chi connectivity index (χ2n) is 7.79. The molecule has 1 aromatic heterocycles. The van der Waals surface area contributed by atoms with Gasteiger partial charge in [-0.2, -0.15) is 5.10 Å². The highest BCUT2D eigenvalue weighted by atomic mass is 16.5. The van der Waals surface area contributed by atoms with Crippen LogP contribution < -0.4 is 10.9 Å². The number of unbranched alkanes of at least 4 members (excludes halogenated alkanes) is 1. The fraction of sp³-hybridized carbons (Fsp3) is 0.545. The van der Waals surface area contributed by atoms with E-state index in [-0.39, 0.29) is 29.8 Å². The van der Waals surface area contributed by atoms with Crippen LogP contribution in [-0.2, 0) is 16.1 Å². The maximum Gasteiger partial charge on any atom is 0.359 e. The first kappa shape index (κ1) is 21.0. The molecule has 7 nitrogen and oxygen atoms in total. The molecule has 1 aromatic carbocycles. The molecule has 1 fully saturated rings. The van der Waals surface area contributed by atoms with Gasteiger partial charge in [0.25, 0.3) is 11.5 Å². The molecule has 7 heteroatoms. The summed E-state index contributed by atoms with van der Waals surface area (Å²) in [4.78, 5) is 37.5. The van der Waals surface area contributed by atoms with E-state index in [1.165, 1.54) is 11.1 Å². The minimum Gasteiger partial charge on any atom is -0.451 e. The lowest BCUT2D eigenvalue weighted by Gasteiger charge is -2.29. The van der Waals surface area contributed by atoms with Crippen LogP contribution in [0.1, 0.15) is 62.9 Å². The number of benzene rings is 1. The van der Waals surface area contributed by atoms with Crippen molar-refractivity contribution in [2.24, 2.45) is 5.92 Å². The zero-order valence-electron chi connectivity index (χ0n) is 17.1. The third kappa shape index (κ3) is 5.02. The summed E-state index contributed by atoms with van der Waals surface area (Å²) < 4.78 is 6.56. The summed E-state index contributed by atoms with van der Waals surface area (Å²) in [6.45, 7) is 4.23. The van der Waals surface area contributed by atoms with Crippen molar-refractivity contribution in [1.29, 1.82) is 0 Å². The summed E-state index contributed by atoms with van der Waals surface area (Å²) in [7, 11) is 0. The average Bonchev–Trinajstić information content (AvgIpc) is 2.73. The molecular formula is C22H29N3O4. The second kappa shape index (κ2) is 9.67. The molecule has 0 bridgehead atoms. The molecule has 2 atom stereocenters. The maximum absolute atomic E-state index is 12.7. The molecule has 0 spiro atoms. The molecule has 1 aliphatic carbocycles. The van der Waals surface area contributed by atoms with E-state index in [0.717, 1.165) is 32.1 Å². The number of amides is 1. The first-order valence-corrected chi connectivity index (χ1v) is 10.5. The van der Waals surface area contributed by atoms with Crippen molar-refractivity contribution in [3.8, 4) is 0 Å². The van der Waals surface area contributed by atoms with E-state index >= 15 is 0 Å². The van der Waals surface area contributed by atoms with Crippen molar-refractivity contribution >= 4 is 22.6 Å². The second-order valence-corrected chi connectivity index (χ2v) is 7.79. The van der Waals surface area contributed by atoms with Gasteiger partial charge >= 0.3 is 5.97 Å². The van der Waals surface area contributed by atoms with Crippen molar-refractivity contribution in [3.63, 3.8) is 0 Å². The Hall–Kier alpha value is -2.70. The lowest BCUT2D eigenvalue weighted by atomic mass is 9.86. The topological polar surface area (TPSA) is 90.3 Å². The minimum atomic E-state index is -0.696. The Morgan fingerprint density at radius 2 is 1.93 bits per heavy atom. The smallest absolute Gasteiger partial charge is 0.359 e. The number of carbonyl (C=O) groups is 2. The summed E-state index contributed by atoms with van der Waals surface area (Å²) in [5, 5.41) is 8.07. The van der Waals surface area contributed by atoms with Crippen LogP contribution in [0.4, 0.5) is 0 Å². The van der Waals surface area contributed by atoms with Crippen LogP contribution in [0.15, 0.2) is 29.1 Å². The highest BCUT2D eigenvalue weighted by molar-refractivity contribution is 6.02.